The van der Waals surface area contributed by atoms with E-state index in [1.807, 2.05) is 0 Å². The third-order valence-corrected chi connectivity index (χ3v) is 4.46. The molecular weight excluding hydrogens is 438 g/mol. The van der Waals surface area contributed by atoms with Crippen molar-refractivity contribution < 1.29 is 38.2 Å². The molecule has 12 heteroatoms. The summed E-state index contributed by atoms with van der Waals surface area (Å²) in [5.41, 5.74) is 2.58. The number of ether oxygens (including phenoxy) is 3. The van der Waals surface area contributed by atoms with Crippen LogP contribution in [0.1, 0.15) is 23.0 Å². The summed E-state index contributed by atoms with van der Waals surface area (Å²) in [6, 6.07) is 8.58. The van der Waals surface area contributed by atoms with Gasteiger partial charge in [0.2, 0.25) is 0 Å². The van der Waals surface area contributed by atoms with Crippen LogP contribution in [0.3, 0.4) is 0 Å². The fourth-order valence-corrected chi connectivity index (χ4v) is 2.84. The number of carboxylic acids is 1. The Hall–Kier alpha value is -4.61. The summed E-state index contributed by atoms with van der Waals surface area (Å²) in [7, 11) is 2.72. The predicted octanol–water partition coefficient (Wildman–Crippen LogP) is 2.97. The summed E-state index contributed by atoms with van der Waals surface area (Å²) in [6.07, 6.45) is 0.0934. The Morgan fingerprint density at radius 3 is 2.58 bits per heavy atom. The maximum atomic E-state index is 12.5. The summed E-state index contributed by atoms with van der Waals surface area (Å²) in [4.78, 5) is 34.1. The zero-order chi connectivity index (χ0) is 24.1. The van der Waals surface area contributed by atoms with Crippen molar-refractivity contribution in [3.05, 3.63) is 57.8 Å². The lowest BCUT2D eigenvalue weighted by Crippen LogP contribution is -2.23. The number of furan rings is 1. The van der Waals surface area contributed by atoms with Crippen LogP contribution in [0.5, 0.6) is 17.2 Å². The Morgan fingerprint density at radius 2 is 1.94 bits per heavy atom. The molecule has 0 aliphatic heterocycles. The zero-order valence-corrected chi connectivity index (χ0v) is 17.7. The molecule has 0 aliphatic carbocycles. The van der Waals surface area contributed by atoms with Crippen molar-refractivity contribution in [2.75, 3.05) is 14.2 Å². The van der Waals surface area contributed by atoms with E-state index in [2.05, 4.69) is 10.5 Å². The molecule has 0 unspecified atom stereocenters. The first-order chi connectivity index (χ1) is 15.7. The number of rotatable bonds is 9. The maximum Gasteiger partial charge on any atom is 0.344 e. The second-order valence-corrected chi connectivity index (χ2v) is 6.61. The number of hydrazone groups is 1. The van der Waals surface area contributed by atoms with E-state index in [4.69, 9.17) is 23.7 Å². The van der Waals surface area contributed by atoms with E-state index in [1.165, 1.54) is 45.6 Å². The number of nitrogens with one attached hydrogen (secondary N) is 1. The standard InChI is InChI=1S/C21H19N3O9/c1-11(21(26)27)32-18-12(5-4-6-15(18)30-2)10-22-23-20(25)17-8-13-7-14(24(28)29)9-16(31-3)19(13)33-17/h4-11H,1-3H3,(H,23,25)(H,26,27)/b22-10-/t11-/m1/s1. The first-order valence-electron chi connectivity index (χ1n) is 9.41. The second kappa shape index (κ2) is 9.68. The van der Waals surface area contributed by atoms with Gasteiger partial charge >= 0.3 is 11.9 Å². The van der Waals surface area contributed by atoms with E-state index in [9.17, 15) is 19.7 Å². The van der Waals surface area contributed by atoms with Crippen LogP contribution in [-0.4, -0.2) is 48.4 Å². The molecular formula is C21H19N3O9. The van der Waals surface area contributed by atoms with Crippen LogP contribution in [-0.2, 0) is 4.79 Å². The van der Waals surface area contributed by atoms with Crippen LogP contribution < -0.4 is 19.6 Å². The van der Waals surface area contributed by atoms with Gasteiger partial charge in [0.15, 0.2) is 34.7 Å². The van der Waals surface area contributed by atoms with Gasteiger partial charge in [0.05, 0.1) is 31.4 Å². The third-order valence-electron chi connectivity index (χ3n) is 4.46. The number of carbonyl (C=O) groups is 2. The molecule has 2 aromatic carbocycles. The minimum absolute atomic E-state index is 0.104. The highest BCUT2D eigenvalue weighted by Crippen LogP contribution is 2.33. The average Bonchev–Trinajstić information content (AvgIpc) is 3.23. The van der Waals surface area contributed by atoms with Crippen molar-refractivity contribution in [2.24, 2.45) is 5.10 Å². The molecule has 1 amide bonds. The summed E-state index contributed by atoms with van der Waals surface area (Å²) in [5, 5.41) is 24.3. The number of nitro benzene ring substituents is 1. The molecule has 0 fully saturated rings. The van der Waals surface area contributed by atoms with Gasteiger partial charge in [0.25, 0.3) is 5.69 Å². The fourth-order valence-electron chi connectivity index (χ4n) is 2.84. The molecule has 0 radical (unpaired) electrons. The van der Waals surface area contributed by atoms with Crippen molar-refractivity contribution in [1.29, 1.82) is 0 Å². The molecule has 0 saturated heterocycles. The van der Waals surface area contributed by atoms with Gasteiger partial charge in [-0.3, -0.25) is 14.9 Å². The van der Waals surface area contributed by atoms with Gasteiger partial charge in [-0.1, -0.05) is 6.07 Å². The molecule has 0 bridgehead atoms. The van der Waals surface area contributed by atoms with E-state index in [1.54, 1.807) is 18.2 Å². The minimum Gasteiger partial charge on any atom is -0.493 e. The number of non-ortho nitro benzene ring substituents is 1. The second-order valence-electron chi connectivity index (χ2n) is 6.61. The highest BCUT2D eigenvalue weighted by molar-refractivity contribution is 5.98. The highest BCUT2D eigenvalue weighted by Gasteiger charge is 2.20. The van der Waals surface area contributed by atoms with Crippen LogP contribution in [0.2, 0.25) is 0 Å². The van der Waals surface area contributed by atoms with Crippen molar-refractivity contribution in [2.45, 2.75) is 13.0 Å². The van der Waals surface area contributed by atoms with Gasteiger partial charge in [0, 0.05) is 17.0 Å². The van der Waals surface area contributed by atoms with Crippen LogP contribution in [0, 0.1) is 10.1 Å². The number of carboxylic acid groups (broad SMARTS) is 1. The molecule has 3 aromatic rings. The maximum absolute atomic E-state index is 12.5. The Labute approximate surface area is 186 Å². The van der Waals surface area contributed by atoms with Gasteiger partial charge in [-0.2, -0.15) is 5.10 Å². The van der Waals surface area contributed by atoms with Crippen LogP contribution >= 0.6 is 0 Å². The normalized spacial score (nSPS) is 11.8. The summed E-state index contributed by atoms with van der Waals surface area (Å²) >= 11 is 0. The van der Waals surface area contributed by atoms with E-state index < -0.39 is 22.9 Å². The molecule has 1 heterocycles. The molecule has 1 atom stereocenters. The molecule has 1 aromatic heterocycles. The first-order valence-corrected chi connectivity index (χ1v) is 9.41. The Bertz CT molecular complexity index is 1250. The lowest BCUT2D eigenvalue weighted by molar-refractivity contribution is -0.384. The lowest BCUT2D eigenvalue weighted by Gasteiger charge is -2.15. The van der Waals surface area contributed by atoms with Crippen LogP contribution in [0.25, 0.3) is 11.0 Å². The van der Waals surface area contributed by atoms with Gasteiger partial charge in [-0.15, -0.1) is 0 Å². The Kier molecular flexibility index (Phi) is 6.77. The van der Waals surface area contributed by atoms with E-state index in [0.717, 1.165) is 0 Å². The van der Waals surface area contributed by atoms with E-state index in [-0.39, 0.29) is 34.3 Å². The summed E-state index contributed by atoms with van der Waals surface area (Å²) < 4.78 is 21.2. The number of benzene rings is 2. The van der Waals surface area contributed by atoms with Gasteiger partial charge in [-0.25, -0.2) is 10.2 Å². The molecule has 0 spiro atoms. The number of carbonyl (C=O) groups excluding carboxylic acids is 1. The monoisotopic (exact) mass is 457 g/mol. The van der Waals surface area contributed by atoms with Crippen LogP contribution in [0.15, 0.2) is 45.9 Å². The summed E-state index contributed by atoms with van der Waals surface area (Å²) in [5.74, 6) is -1.53. The first kappa shape index (κ1) is 23.1. The fraction of sp³-hybridized carbons (Fsp3) is 0.190. The molecule has 3 rings (SSSR count). The lowest BCUT2D eigenvalue weighted by atomic mass is 10.2. The molecule has 33 heavy (non-hydrogen) atoms. The number of fused-ring (bicyclic) bond motifs is 1. The molecule has 0 aliphatic rings. The number of para-hydroxylation sites is 1. The average molecular weight is 457 g/mol. The zero-order valence-electron chi connectivity index (χ0n) is 17.7. The van der Waals surface area contributed by atoms with Crippen molar-refractivity contribution in [3.63, 3.8) is 0 Å². The summed E-state index contributed by atoms with van der Waals surface area (Å²) in [6.45, 7) is 1.36. The van der Waals surface area contributed by atoms with Gasteiger partial charge in [-0.05, 0) is 25.1 Å². The van der Waals surface area contributed by atoms with Crippen molar-refractivity contribution >= 4 is 34.7 Å². The number of nitrogens with zero attached hydrogens (tertiary/aromatic N) is 2. The molecule has 2 N–H and O–H groups in total. The largest absolute Gasteiger partial charge is 0.493 e. The quantitative estimate of drug-likeness (QED) is 0.279. The third kappa shape index (κ3) is 5.01. The number of amides is 1. The van der Waals surface area contributed by atoms with Gasteiger partial charge in [0.1, 0.15) is 0 Å². The van der Waals surface area contributed by atoms with Crippen molar-refractivity contribution in [3.8, 4) is 17.2 Å². The number of nitro groups is 1. The number of aliphatic carboxylic acids is 1. The van der Waals surface area contributed by atoms with E-state index >= 15 is 0 Å². The highest BCUT2D eigenvalue weighted by atomic mass is 16.6. The molecule has 0 saturated carbocycles. The SMILES string of the molecule is COc1cccc(/C=N\NC(=O)c2cc3cc([N+](=O)[O-])cc(OC)c3o2)c1O[C@H](C)C(=O)O. The van der Waals surface area contributed by atoms with E-state index in [0.29, 0.717) is 10.9 Å². The minimum atomic E-state index is -1.17. The van der Waals surface area contributed by atoms with Crippen LogP contribution in [0.4, 0.5) is 5.69 Å². The predicted molar refractivity (Wildman–Crippen MR) is 115 cm³/mol. The number of methoxy groups -OCH3 is 2. The number of hydrogen-bond donors (Lipinski definition) is 2. The topological polar surface area (TPSA) is 163 Å². The molecule has 12 nitrogen and oxygen atoms in total. The van der Waals surface area contributed by atoms with Crippen molar-refractivity contribution in [1.82, 2.24) is 5.43 Å². The Balaban J connectivity index is 1.84. The molecule has 172 valence electrons. The van der Waals surface area contributed by atoms with Gasteiger partial charge < -0.3 is 23.7 Å². The smallest absolute Gasteiger partial charge is 0.344 e. The Morgan fingerprint density at radius 1 is 1.21 bits per heavy atom. The number of hydrogen-bond acceptors (Lipinski definition) is 9.